The number of nitrogens with zero attached hydrogens (tertiary/aromatic N) is 3. The molecular weight excluding hydrogens is 296 g/mol. The molecule has 112 valence electrons. The van der Waals surface area contributed by atoms with E-state index in [1.165, 1.54) is 11.8 Å². The molecular formula is C16H16N4OS. The number of thioether (sulfide) groups is 1. The Hall–Kier alpha value is -2.34. The van der Waals surface area contributed by atoms with Gasteiger partial charge in [-0.25, -0.2) is 0 Å². The van der Waals surface area contributed by atoms with Gasteiger partial charge in [-0.2, -0.15) is 0 Å². The predicted octanol–water partition coefficient (Wildman–Crippen LogP) is 3.09. The van der Waals surface area contributed by atoms with Crippen LogP contribution in [-0.2, 0) is 11.8 Å². The van der Waals surface area contributed by atoms with Crippen LogP contribution in [0.2, 0.25) is 0 Å². The number of aryl methyl sites for hydroxylation is 1. The minimum atomic E-state index is -0.262. The average molecular weight is 312 g/mol. The predicted molar refractivity (Wildman–Crippen MR) is 88.9 cm³/mol. The second-order valence-electron chi connectivity index (χ2n) is 5.00. The second-order valence-corrected chi connectivity index (χ2v) is 6.31. The number of nitrogens with one attached hydrogen (secondary N) is 1. The lowest BCUT2D eigenvalue weighted by Crippen LogP contribution is -2.22. The average Bonchev–Trinajstić information content (AvgIpc) is 2.93. The van der Waals surface area contributed by atoms with E-state index in [1.807, 2.05) is 56.4 Å². The first-order valence-corrected chi connectivity index (χ1v) is 7.82. The molecule has 1 aromatic heterocycles. The second kappa shape index (κ2) is 6.19. The molecule has 0 unspecified atom stereocenters. The summed E-state index contributed by atoms with van der Waals surface area (Å²) in [4.78, 5) is 12.4. The Bertz CT molecular complexity index is 809. The molecule has 0 saturated heterocycles. The third kappa shape index (κ3) is 2.96. The molecule has 3 aromatic rings. The van der Waals surface area contributed by atoms with E-state index < -0.39 is 0 Å². The number of amides is 1. The summed E-state index contributed by atoms with van der Waals surface area (Å²) in [5.41, 5.74) is 0.827. The van der Waals surface area contributed by atoms with Gasteiger partial charge >= 0.3 is 0 Å². The van der Waals surface area contributed by atoms with Crippen LogP contribution >= 0.6 is 11.8 Å². The highest BCUT2D eigenvalue weighted by atomic mass is 32.2. The third-order valence-corrected chi connectivity index (χ3v) is 4.52. The summed E-state index contributed by atoms with van der Waals surface area (Å²) < 4.78 is 1.80. The Labute approximate surface area is 132 Å². The molecule has 0 radical (unpaired) electrons. The fourth-order valence-corrected chi connectivity index (χ4v) is 2.95. The van der Waals surface area contributed by atoms with Crippen molar-refractivity contribution < 1.29 is 4.79 Å². The molecule has 1 heterocycles. The Kier molecular flexibility index (Phi) is 4.11. The Balaban J connectivity index is 1.77. The number of carbonyl (C=O) groups is 1. The van der Waals surface area contributed by atoms with E-state index in [1.54, 1.807) is 10.9 Å². The Morgan fingerprint density at radius 1 is 1.23 bits per heavy atom. The Morgan fingerprint density at radius 2 is 2.00 bits per heavy atom. The van der Waals surface area contributed by atoms with E-state index >= 15 is 0 Å². The molecule has 0 aliphatic rings. The highest BCUT2D eigenvalue weighted by Gasteiger charge is 2.17. The van der Waals surface area contributed by atoms with Crippen LogP contribution in [0, 0.1) is 0 Å². The number of carbonyl (C=O) groups excluding carboxylic acids is 1. The van der Waals surface area contributed by atoms with Gasteiger partial charge in [-0.1, -0.05) is 48.2 Å². The molecule has 0 fully saturated rings. The van der Waals surface area contributed by atoms with Gasteiger partial charge in [-0.15, -0.1) is 10.2 Å². The maximum atomic E-state index is 12.4. The maximum absolute atomic E-state index is 12.4. The van der Waals surface area contributed by atoms with Gasteiger partial charge in [0.2, 0.25) is 5.91 Å². The summed E-state index contributed by atoms with van der Waals surface area (Å²) in [7, 11) is 1.86. The van der Waals surface area contributed by atoms with Crippen LogP contribution < -0.4 is 5.32 Å². The number of aromatic nitrogens is 3. The first kappa shape index (κ1) is 14.6. The molecule has 22 heavy (non-hydrogen) atoms. The topological polar surface area (TPSA) is 59.8 Å². The molecule has 0 bridgehead atoms. The van der Waals surface area contributed by atoms with Crippen LogP contribution in [0.15, 0.2) is 53.9 Å². The lowest BCUT2D eigenvalue weighted by atomic mass is 10.1. The highest BCUT2D eigenvalue weighted by molar-refractivity contribution is 8.00. The van der Waals surface area contributed by atoms with E-state index in [4.69, 9.17) is 0 Å². The van der Waals surface area contributed by atoms with E-state index in [9.17, 15) is 4.79 Å². The van der Waals surface area contributed by atoms with Crippen molar-refractivity contribution in [3.8, 4) is 0 Å². The quantitative estimate of drug-likeness (QED) is 0.752. The van der Waals surface area contributed by atoms with Gasteiger partial charge in [0.15, 0.2) is 5.16 Å². The summed E-state index contributed by atoms with van der Waals surface area (Å²) in [5, 5.41) is 13.4. The van der Waals surface area contributed by atoms with Crippen molar-refractivity contribution in [2.75, 3.05) is 5.32 Å². The zero-order valence-corrected chi connectivity index (χ0v) is 13.2. The largest absolute Gasteiger partial charge is 0.325 e. The normalized spacial score (nSPS) is 12.3. The molecule has 2 aromatic carbocycles. The molecule has 0 spiro atoms. The van der Waals surface area contributed by atoms with E-state index in [-0.39, 0.29) is 11.2 Å². The van der Waals surface area contributed by atoms with E-state index in [0.29, 0.717) is 0 Å². The molecule has 1 amide bonds. The van der Waals surface area contributed by atoms with Gasteiger partial charge in [0.05, 0.1) is 5.25 Å². The van der Waals surface area contributed by atoms with Crippen molar-refractivity contribution >= 4 is 34.1 Å². The standard InChI is InChI=1S/C16H16N4OS/c1-11(22-16-19-17-10-20(16)2)15(21)18-14-9-5-7-12-6-3-4-8-13(12)14/h3-11H,1-2H3,(H,18,21)/t11-/m1/s1. The first-order chi connectivity index (χ1) is 10.6. The van der Waals surface area contributed by atoms with Crippen LogP contribution in [-0.4, -0.2) is 25.9 Å². The van der Waals surface area contributed by atoms with Gasteiger partial charge in [0, 0.05) is 18.1 Å². The summed E-state index contributed by atoms with van der Waals surface area (Å²) in [5.74, 6) is -0.0515. The lowest BCUT2D eigenvalue weighted by Gasteiger charge is -2.13. The summed E-state index contributed by atoms with van der Waals surface area (Å²) in [6, 6.07) is 13.9. The molecule has 0 aliphatic carbocycles. The van der Waals surface area contributed by atoms with Crippen LogP contribution in [0.3, 0.4) is 0 Å². The number of hydrogen-bond acceptors (Lipinski definition) is 4. The SMILES string of the molecule is C[C@@H](Sc1nncn1C)C(=O)Nc1cccc2ccccc12. The van der Waals surface area contributed by atoms with E-state index in [2.05, 4.69) is 15.5 Å². The highest BCUT2D eigenvalue weighted by Crippen LogP contribution is 2.25. The van der Waals surface area contributed by atoms with Crippen LogP contribution in [0.5, 0.6) is 0 Å². The monoisotopic (exact) mass is 312 g/mol. The lowest BCUT2D eigenvalue weighted by molar-refractivity contribution is -0.115. The van der Waals surface area contributed by atoms with Crippen molar-refractivity contribution in [3.63, 3.8) is 0 Å². The third-order valence-electron chi connectivity index (χ3n) is 3.37. The van der Waals surface area contributed by atoms with Crippen LogP contribution in [0.25, 0.3) is 10.8 Å². The zero-order chi connectivity index (χ0) is 15.5. The van der Waals surface area contributed by atoms with Crippen molar-refractivity contribution in [1.82, 2.24) is 14.8 Å². The van der Waals surface area contributed by atoms with Gasteiger partial charge in [-0.3, -0.25) is 4.79 Å². The van der Waals surface area contributed by atoms with Crippen molar-refractivity contribution in [1.29, 1.82) is 0 Å². The smallest absolute Gasteiger partial charge is 0.237 e. The molecule has 5 nitrogen and oxygen atoms in total. The molecule has 0 saturated carbocycles. The summed E-state index contributed by atoms with van der Waals surface area (Å²) in [6.07, 6.45) is 1.62. The maximum Gasteiger partial charge on any atom is 0.237 e. The van der Waals surface area contributed by atoms with Crippen LogP contribution in [0.4, 0.5) is 5.69 Å². The molecule has 0 aliphatic heterocycles. The number of anilines is 1. The minimum Gasteiger partial charge on any atom is -0.325 e. The minimum absolute atomic E-state index is 0.0515. The van der Waals surface area contributed by atoms with Crippen molar-refractivity contribution in [2.45, 2.75) is 17.3 Å². The number of rotatable bonds is 4. The Morgan fingerprint density at radius 3 is 2.77 bits per heavy atom. The summed E-state index contributed by atoms with van der Waals surface area (Å²) in [6.45, 7) is 1.86. The summed E-state index contributed by atoms with van der Waals surface area (Å²) >= 11 is 1.39. The van der Waals surface area contributed by atoms with E-state index in [0.717, 1.165) is 21.6 Å². The van der Waals surface area contributed by atoms with Gasteiger partial charge in [0.25, 0.3) is 0 Å². The van der Waals surface area contributed by atoms with Crippen LogP contribution in [0.1, 0.15) is 6.92 Å². The first-order valence-electron chi connectivity index (χ1n) is 6.94. The fraction of sp³-hybridized carbons (Fsp3) is 0.188. The van der Waals surface area contributed by atoms with Gasteiger partial charge in [0.1, 0.15) is 6.33 Å². The fourth-order valence-electron chi connectivity index (χ4n) is 2.16. The van der Waals surface area contributed by atoms with Crippen molar-refractivity contribution in [2.24, 2.45) is 7.05 Å². The number of fused-ring (bicyclic) bond motifs is 1. The molecule has 1 atom stereocenters. The number of benzene rings is 2. The van der Waals surface area contributed by atoms with Gasteiger partial charge < -0.3 is 9.88 Å². The zero-order valence-electron chi connectivity index (χ0n) is 12.4. The number of hydrogen-bond donors (Lipinski definition) is 1. The van der Waals surface area contributed by atoms with Gasteiger partial charge in [-0.05, 0) is 18.4 Å². The van der Waals surface area contributed by atoms with Crippen molar-refractivity contribution in [3.05, 3.63) is 48.8 Å². The molecule has 6 heteroatoms. The molecule has 1 N–H and O–H groups in total. The molecule has 3 rings (SSSR count).